The number of benzene rings is 1. The van der Waals surface area contributed by atoms with E-state index in [0.29, 0.717) is 12.3 Å². The highest BCUT2D eigenvalue weighted by Gasteiger charge is 2.29. The predicted molar refractivity (Wildman–Crippen MR) is 109 cm³/mol. The van der Waals surface area contributed by atoms with Crippen molar-refractivity contribution in [1.82, 2.24) is 4.90 Å². The van der Waals surface area contributed by atoms with Gasteiger partial charge in [0.05, 0.1) is 0 Å². The molecule has 0 unspecified atom stereocenters. The van der Waals surface area contributed by atoms with Crippen LogP contribution in [0.3, 0.4) is 0 Å². The van der Waals surface area contributed by atoms with Crippen LogP contribution < -0.4 is 10.6 Å². The zero-order valence-corrected chi connectivity index (χ0v) is 17.0. The van der Waals surface area contributed by atoms with Gasteiger partial charge in [0, 0.05) is 49.4 Å². The summed E-state index contributed by atoms with van der Waals surface area (Å²) in [5.41, 5.74) is 8.50. The fourth-order valence-corrected chi connectivity index (χ4v) is 3.96. The maximum Gasteiger partial charge on any atom is 0.223 e. The summed E-state index contributed by atoms with van der Waals surface area (Å²) in [6.07, 6.45) is 3.96. The number of rotatable bonds is 3. The molecule has 1 aromatic carbocycles. The van der Waals surface area contributed by atoms with Crippen LogP contribution in [0.5, 0.6) is 0 Å². The maximum atomic E-state index is 12.5. The van der Waals surface area contributed by atoms with Gasteiger partial charge in [0.15, 0.2) is 0 Å². The van der Waals surface area contributed by atoms with Gasteiger partial charge in [0.2, 0.25) is 5.91 Å². The van der Waals surface area contributed by atoms with E-state index in [9.17, 15) is 4.79 Å². The minimum absolute atomic E-state index is 0. The van der Waals surface area contributed by atoms with E-state index in [1.807, 2.05) is 17.0 Å². The molecule has 1 saturated carbocycles. The summed E-state index contributed by atoms with van der Waals surface area (Å²) < 4.78 is 0. The molecule has 7 heteroatoms. The summed E-state index contributed by atoms with van der Waals surface area (Å²) in [4.78, 5) is 16.8. The van der Waals surface area contributed by atoms with Crippen LogP contribution in [0.15, 0.2) is 18.2 Å². The highest BCUT2D eigenvalue weighted by atomic mass is 35.5. The molecule has 2 aliphatic rings. The minimum atomic E-state index is 0. The normalized spacial score (nSPS) is 23.0. The lowest BCUT2D eigenvalue weighted by Crippen LogP contribution is -2.49. The van der Waals surface area contributed by atoms with Gasteiger partial charge in [-0.15, -0.1) is 24.8 Å². The van der Waals surface area contributed by atoms with Crippen LogP contribution in [-0.2, 0) is 4.79 Å². The van der Waals surface area contributed by atoms with E-state index in [4.69, 9.17) is 17.3 Å². The summed E-state index contributed by atoms with van der Waals surface area (Å²) >= 11 is 6.12. The van der Waals surface area contributed by atoms with Crippen molar-refractivity contribution in [3.05, 3.63) is 28.8 Å². The Morgan fingerprint density at radius 1 is 1.20 bits per heavy atom. The fraction of sp³-hybridized carbons (Fsp3) is 0.611. The SMILES string of the molecule is Cc1ccc(Cl)cc1N1CCN(C(=O)C[C@@H]2CCC[C@H]2N)CC1.Cl.Cl. The molecule has 142 valence electrons. The van der Waals surface area contributed by atoms with Crippen molar-refractivity contribution in [3.8, 4) is 0 Å². The van der Waals surface area contributed by atoms with Gasteiger partial charge < -0.3 is 15.5 Å². The number of amides is 1. The molecule has 1 amide bonds. The third kappa shape index (κ3) is 5.40. The third-order valence-electron chi connectivity index (χ3n) is 5.30. The van der Waals surface area contributed by atoms with E-state index in [1.54, 1.807) is 0 Å². The quantitative estimate of drug-likeness (QED) is 0.830. The lowest BCUT2D eigenvalue weighted by Gasteiger charge is -2.37. The molecule has 2 atom stereocenters. The number of carbonyl (C=O) groups is 1. The Bertz CT molecular complexity index is 577. The molecule has 0 aromatic heterocycles. The highest BCUT2D eigenvalue weighted by Crippen LogP contribution is 2.28. The largest absolute Gasteiger partial charge is 0.368 e. The summed E-state index contributed by atoms with van der Waals surface area (Å²) in [5.74, 6) is 0.658. The van der Waals surface area contributed by atoms with Gasteiger partial charge in [-0.25, -0.2) is 0 Å². The topological polar surface area (TPSA) is 49.6 Å². The second kappa shape index (κ2) is 9.86. The zero-order valence-electron chi connectivity index (χ0n) is 14.6. The molecule has 25 heavy (non-hydrogen) atoms. The van der Waals surface area contributed by atoms with Gasteiger partial charge in [0.25, 0.3) is 0 Å². The molecular weight excluding hydrogens is 381 g/mol. The first-order valence-corrected chi connectivity index (χ1v) is 8.97. The van der Waals surface area contributed by atoms with Gasteiger partial charge >= 0.3 is 0 Å². The van der Waals surface area contributed by atoms with Crippen molar-refractivity contribution in [2.45, 2.75) is 38.6 Å². The lowest BCUT2D eigenvalue weighted by molar-refractivity contribution is -0.132. The molecule has 1 heterocycles. The van der Waals surface area contributed by atoms with Crippen LogP contribution in [0, 0.1) is 12.8 Å². The summed E-state index contributed by atoms with van der Waals surface area (Å²) in [6, 6.07) is 6.21. The van der Waals surface area contributed by atoms with Gasteiger partial charge in [0.1, 0.15) is 0 Å². The number of halogens is 3. The van der Waals surface area contributed by atoms with Crippen LogP contribution in [-0.4, -0.2) is 43.0 Å². The Hall–Kier alpha value is -0.680. The number of nitrogens with zero attached hydrogens (tertiary/aromatic N) is 2. The standard InChI is InChI=1S/C18H26ClN3O.2ClH/c1-13-5-6-15(19)12-17(13)21-7-9-22(10-8-21)18(23)11-14-3-2-4-16(14)20;;/h5-6,12,14,16H,2-4,7-11,20H2,1H3;2*1H/t14-,16+;;/m0../s1. The van der Waals surface area contributed by atoms with Crippen molar-refractivity contribution in [1.29, 1.82) is 0 Å². The van der Waals surface area contributed by atoms with E-state index >= 15 is 0 Å². The average molecular weight is 409 g/mol. The van der Waals surface area contributed by atoms with Gasteiger partial charge in [-0.3, -0.25) is 4.79 Å². The minimum Gasteiger partial charge on any atom is -0.368 e. The fourth-order valence-electron chi connectivity index (χ4n) is 3.79. The number of hydrogen-bond acceptors (Lipinski definition) is 3. The van der Waals surface area contributed by atoms with Crippen LogP contribution >= 0.6 is 36.4 Å². The molecule has 3 rings (SSSR count). The molecule has 1 aromatic rings. The smallest absolute Gasteiger partial charge is 0.223 e. The molecular formula is C18H28Cl3N3O. The molecule has 1 saturated heterocycles. The van der Waals surface area contributed by atoms with E-state index in [0.717, 1.165) is 44.0 Å². The first-order valence-electron chi connectivity index (χ1n) is 8.59. The second-order valence-electron chi connectivity index (χ2n) is 6.86. The van der Waals surface area contributed by atoms with E-state index in [2.05, 4.69) is 17.9 Å². The van der Waals surface area contributed by atoms with E-state index < -0.39 is 0 Å². The monoisotopic (exact) mass is 407 g/mol. The highest BCUT2D eigenvalue weighted by molar-refractivity contribution is 6.30. The maximum absolute atomic E-state index is 12.5. The third-order valence-corrected chi connectivity index (χ3v) is 5.53. The molecule has 1 aliphatic carbocycles. The summed E-state index contributed by atoms with van der Waals surface area (Å²) in [6.45, 7) is 5.40. The molecule has 0 bridgehead atoms. The second-order valence-corrected chi connectivity index (χ2v) is 7.29. The first kappa shape index (κ1) is 22.4. The van der Waals surface area contributed by atoms with Crippen molar-refractivity contribution in [2.75, 3.05) is 31.1 Å². The Kier molecular flexibility index (Phi) is 8.82. The molecule has 0 spiro atoms. The first-order chi connectivity index (χ1) is 11.0. The zero-order chi connectivity index (χ0) is 16.4. The molecule has 2 fully saturated rings. The Morgan fingerprint density at radius 2 is 1.88 bits per heavy atom. The van der Waals surface area contributed by atoms with Crippen LogP contribution in [0.1, 0.15) is 31.2 Å². The van der Waals surface area contributed by atoms with E-state index in [-0.39, 0.29) is 36.8 Å². The van der Waals surface area contributed by atoms with Crippen LogP contribution in [0.4, 0.5) is 5.69 Å². The van der Waals surface area contributed by atoms with Gasteiger partial charge in [-0.05, 0) is 43.4 Å². The summed E-state index contributed by atoms with van der Waals surface area (Å²) in [5, 5.41) is 0.763. The van der Waals surface area contributed by atoms with Crippen LogP contribution in [0.25, 0.3) is 0 Å². The average Bonchev–Trinajstić information content (AvgIpc) is 2.95. The van der Waals surface area contributed by atoms with Crippen LogP contribution in [0.2, 0.25) is 5.02 Å². The lowest BCUT2D eigenvalue weighted by atomic mass is 9.99. The molecule has 0 radical (unpaired) electrons. The van der Waals surface area contributed by atoms with Crippen molar-refractivity contribution in [3.63, 3.8) is 0 Å². The Balaban J connectivity index is 0.00000156. The molecule has 2 N–H and O–H groups in total. The van der Waals surface area contributed by atoms with Gasteiger partial charge in [-0.2, -0.15) is 0 Å². The molecule has 4 nitrogen and oxygen atoms in total. The van der Waals surface area contributed by atoms with Gasteiger partial charge in [-0.1, -0.05) is 24.1 Å². The van der Waals surface area contributed by atoms with Crippen molar-refractivity contribution in [2.24, 2.45) is 11.7 Å². The summed E-state index contributed by atoms with van der Waals surface area (Å²) in [7, 11) is 0. The number of carbonyl (C=O) groups excluding carboxylic acids is 1. The van der Waals surface area contributed by atoms with E-state index in [1.165, 1.54) is 17.7 Å². The van der Waals surface area contributed by atoms with Crippen molar-refractivity contribution < 1.29 is 4.79 Å². The Morgan fingerprint density at radius 3 is 2.48 bits per heavy atom. The number of aryl methyl sites for hydroxylation is 1. The number of anilines is 1. The van der Waals surface area contributed by atoms with Crippen molar-refractivity contribution >= 4 is 48.0 Å². The Labute approximate surface area is 167 Å². The number of nitrogens with two attached hydrogens (primary N) is 1. The molecule has 1 aliphatic heterocycles. The number of piperazine rings is 1. The number of hydrogen-bond donors (Lipinski definition) is 1. The predicted octanol–water partition coefficient (Wildman–Crippen LogP) is 3.66.